The van der Waals surface area contributed by atoms with Gasteiger partial charge < -0.3 is 0 Å². The maximum absolute atomic E-state index is 11.9. The van der Waals surface area contributed by atoms with Crippen molar-refractivity contribution in [3.8, 4) is 0 Å². The Hall–Kier alpha value is -2.38. The molecule has 1 aromatic carbocycles. The summed E-state index contributed by atoms with van der Waals surface area (Å²) in [6, 6.07) is 6.71. The Morgan fingerprint density at radius 1 is 1.40 bits per heavy atom. The van der Waals surface area contributed by atoms with E-state index < -0.39 is 6.10 Å². The lowest BCUT2D eigenvalue weighted by molar-refractivity contribution is -0.140. The molecule has 7 heteroatoms. The second kappa shape index (κ2) is 6.16. The number of hydrazine groups is 1. The second-order valence-electron chi connectivity index (χ2n) is 6.87. The lowest BCUT2D eigenvalue weighted by Gasteiger charge is -2.12. The van der Waals surface area contributed by atoms with Crippen LogP contribution < -0.4 is 11.3 Å². The Bertz CT molecular complexity index is 849. The summed E-state index contributed by atoms with van der Waals surface area (Å²) in [6.45, 7) is 2.05. The van der Waals surface area contributed by atoms with Crippen molar-refractivity contribution >= 4 is 22.5 Å². The number of carbonyl (C=O) groups is 1. The van der Waals surface area contributed by atoms with Crippen LogP contribution in [0.1, 0.15) is 43.0 Å². The first-order valence-electron chi connectivity index (χ1n) is 8.69. The maximum Gasteiger partial charge on any atom is 0.272 e. The lowest BCUT2D eigenvalue weighted by Crippen LogP contribution is -2.40. The van der Waals surface area contributed by atoms with Crippen molar-refractivity contribution in [1.82, 2.24) is 20.3 Å². The number of aromatic nitrogens is 2. The molecule has 1 unspecified atom stereocenters. The molecule has 3 N–H and O–H groups in total. The van der Waals surface area contributed by atoms with E-state index in [1.54, 1.807) is 6.08 Å². The number of hydroxylamine groups is 1. The first-order valence-corrected chi connectivity index (χ1v) is 8.69. The van der Waals surface area contributed by atoms with Gasteiger partial charge in [-0.3, -0.25) is 24.8 Å². The van der Waals surface area contributed by atoms with Gasteiger partial charge in [0.05, 0.1) is 22.9 Å². The van der Waals surface area contributed by atoms with Crippen LogP contribution in [0.4, 0.5) is 0 Å². The number of hydrogen-bond acceptors (Lipinski definition) is 5. The molecule has 2 aromatic rings. The highest BCUT2D eigenvalue weighted by Gasteiger charge is 2.27. The number of hydrogen-bond donors (Lipinski definition) is 2. The normalized spacial score (nSPS) is 20.8. The van der Waals surface area contributed by atoms with E-state index in [2.05, 4.69) is 29.2 Å². The summed E-state index contributed by atoms with van der Waals surface area (Å²) >= 11 is 0. The lowest BCUT2D eigenvalue weighted by atomic mass is 10.1. The minimum Gasteiger partial charge on any atom is -0.281 e. The highest BCUT2D eigenvalue weighted by molar-refractivity contribution is 5.88. The predicted molar refractivity (Wildman–Crippen MR) is 94.9 cm³/mol. The molecule has 0 bridgehead atoms. The van der Waals surface area contributed by atoms with Gasteiger partial charge >= 0.3 is 0 Å². The Kier molecular flexibility index (Phi) is 3.97. The summed E-state index contributed by atoms with van der Waals surface area (Å²) in [6.07, 6.45) is 5.95. The Labute approximate surface area is 146 Å². The zero-order valence-electron chi connectivity index (χ0n) is 14.5. The van der Waals surface area contributed by atoms with Gasteiger partial charge in [0.25, 0.3) is 5.91 Å². The molecule has 1 saturated carbocycles. The number of nitrogens with one attached hydrogen (secondary N) is 1. The average molecular weight is 341 g/mol. The SMILES string of the molecule is Cc1nn(C2CCCC2)c2cc(C3=CC(C(=O)N(C)N)ON3)ccc12. The van der Waals surface area contributed by atoms with Crippen molar-refractivity contribution in [2.75, 3.05) is 7.05 Å². The monoisotopic (exact) mass is 341 g/mol. The third-order valence-electron chi connectivity index (χ3n) is 5.08. The highest BCUT2D eigenvalue weighted by atomic mass is 16.7. The zero-order chi connectivity index (χ0) is 17.6. The van der Waals surface area contributed by atoms with Gasteiger partial charge in [0.1, 0.15) is 0 Å². The van der Waals surface area contributed by atoms with E-state index in [1.165, 1.54) is 38.1 Å². The van der Waals surface area contributed by atoms with Crippen molar-refractivity contribution in [2.24, 2.45) is 5.84 Å². The maximum atomic E-state index is 11.9. The largest absolute Gasteiger partial charge is 0.281 e. The number of benzene rings is 1. The van der Waals surface area contributed by atoms with Gasteiger partial charge in [0, 0.05) is 18.0 Å². The average Bonchev–Trinajstić information content (AvgIpc) is 3.34. The zero-order valence-corrected chi connectivity index (χ0v) is 14.5. The topological polar surface area (TPSA) is 85.4 Å². The van der Waals surface area contributed by atoms with Gasteiger partial charge in [-0.1, -0.05) is 25.0 Å². The molecule has 1 aromatic heterocycles. The highest BCUT2D eigenvalue weighted by Crippen LogP contribution is 2.33. The molecular weight excluding hydrogens is 318 g/mol. The van der Waals surface area contributed by atoms with E-state index in [0.717, 1.165) is 27.5 Å². The van der Waals surface area contributed by atoms with E-state index >= 15 is 0 Å². The fourth-order valence-corrected chi connectivity index (χ4v) is 3.72. The van der Waals surface area contributed by atoms with Crippen LogP contribution >= 0.6 is 0 Å². The summed E-state index contributed by atoms with van der Waals surface area (Å²) in [5.41, 5.74) is 6.78. The molecule has 1 atom stereocenters. The third kappa shape index (κ3) is 2.79. The van der Waals surface area contributed by atoms with Gasteiger partial charge in [-0.05, 0) is 31.9 Å². The summed E-state index contributed by atoms with van der Waals surface area (Å²) in [4.78, 5) is 17.3. The Morgan fingerprint density at radius 2 is 2.16 bits per heavy atom. The van der Waals surface area contributed by atoms with Crippen molar-refractivity contribution in [3.05, 3.63) is 35.5 Å². The van der Waals surface area contributed by atoms with Crippen LogP contribution in [-0.2, 0) is 9.63 Å². The minimum absolute atomic E-state index is 0.296. The Balaban J connectivity index is 1.70. The molecule has 1 fully saturated rings. The van der Waals surface area contributed by atoms with Crippen LogP contribution in [0.5, 0.6) is 0 Å². The van der Waals surface area contributed by atoms with E-state index in [0.29, 0.717) is 6.04 Å². The molecule has 0 spiro atoms. The molecule has 0 radical (unpaired) electrons. The standard InChI is InChI=1S/C18H23N5O2/c1-11-14-8-7-12(15-10-17(25-21-15)18(24)22(2)19)9-16(14)23(20-11)13-5-3-4-6-13/h7-10,13,17,21H,3-6,19H2,1-2H3. The van der Waals surface area contributed by atoms with Gasteiger partial charge in [0.15, 0.2) is 6.10 Å². The number of aryl methyl sites for hydroxylation is 1. The van der Waals surface area contributed by atoms with E-state index in [1.807, 2.05) is 6.07 Å². The predicted octanol–water partition coefficient (Wildman–Crippen LogP) is 2.04. The molecule has 2 aliphatic rings. The van der Waals surface area contributed by atoms with E-state index in [9.17, 15) is 4.79 Å². The van der Waals surface area contributed by atoms with Crippen LogP contribution in [0.2, 0.25) is 0 Å². The molecule has 132 valence electrons. The number of likely N-dealkylation sites (N-methyl/N-ethyl adjacent to an activating group) is 1. The summed E-state index contributed by atoms with van der Waals surface area (Å²) < 4.78 is 2.17. The molecule has 4 rings (SSSR count). The van der Waals surface area contributed by atoms with E-state index in [-0.39, 0.29) is 5.91 Å². The van der Waals surface area contributed by atoms with Crippen molar-refractivity contribution in [1.29, 1.82) is 0 Å². The van der Waals surface area contributed by atoms with Crippen LogP contribution in [0.25, 0.3) is 16.6 Å². The molecular formula is C18H23N5O2. The molecule has 7 nitrogen and oxygen atoms in total. The van der Waals surface area contributed by atoms with Gasteiger partial charge in [-0.15, -0.1) is 0 Å². The molecule has 25 heavy (non-hydrogen) atoms. The fraction of sp³-hybridized carbons (Fsp3) is 0.444. The van der Waals surface area contributed by atoms with Crippen LogP contribution in [0.15, 0.2) is 24.3 Å². The first-order chi connectivity index (χ1) is 12.0. The van der Waals surface area contributed by atoms with Crippen LogP contribution in [0.3, 0.4) is 0 Å². The Morgan fingerprint density at radius 3 is 2.88 bits per heavy atom. The summed E-state index contributed by atoms with van der Waals surface area (Å²) in [7, 11) is 1.51. The number of fused-ring (bicyclic) bond motifs is 1. The quantitative estimate of drug-likeness (QED) is 0.507. The molecule has 1 amide bonds. The molecule has 1 aliphatic carbocycles. The van der Waals surface area contributed by atoms with Gasteiger partial charge in [0.2, 0.25) is 0 Å². The van der Waals surface area contributed by atoms with Crippen molar-refractivity contribution < 1.29 is 9.63 Å². The van der Waals surface area contributed by atoms with Crippen LogP contribution in [-0.4, -0.2) is 33.8 Å². The van der Waals surface area contributed by atoms with Gasteiger partial charge in [-0.2, -0.15) is 5.10 Å². The summed E-state index contributed by atoms with van der Waals surface area (Å²) in [5.74, 6) is 5.21. The minimum atomic E-state index is -0.706. The van der Waals surface area contributed by atoms with E-state index in [4.69, 9.17) is 15.8 Å². The summed E-state index contributed by atoms with van der Waals surface area (Å²) in [5, 5.41) is 6.98. The number of nitrogens with two attached hydrogens (primary N) is 1. The second-order valence-corrected chi connectivity index (χ2v) is 6.87. The smallest absolute Gasteiger partial charge is 0.272 e. The number of nitrogens with zero attached hydrogens (tertiary/aromatic N) is 3. The third-order valence-corrected chi connectivity index (χ3v) is 5.08. The number of rotatable bonds is 3. The van der Waals surface area contributed by atoms with Gasteiger partial charge in [-0.25, -0.2) is 5.84 Å². The molecule has 1 aliphatic heterocycles. The van der Waals surface area contributed by atoms with Crippen molar-refractivity contribution in [3.63, 3.8) is 0 Å². The number of amides is 1. The van der Waals surface area contributed by atoms with Crippen LogP contribution in [0, 0.1) is 6.92 Å². The molecule has 2 heterocycles. The first kappa shape index (κ1) is 16.1. The molecule has 0 saturated heterocycles. The number of carbonyl (C=O) groups excluding carboxylic acids is 1. The fourth-order valence-electron chi connectivity index (χ4n) is 3.72. The van der Waals surface area contributed by atoms with Crippen molar-refractivity contribution in [2.45, 2.75) is 44.8 Å².